The molecule has 9 nitrogen and oxygen atoms in total. The molecule has 0 aliphatic heterocycles. The van der Waals surface area contributed by atoms with Crippen molar-refractivity contribution in [2.75, 3.05) is 13.2 Å². The summed E-state index contributed by atoms with van der Waals surface area (Å²) in [7, 11) is -4.80. The Morgan fingerprint density at radius 3 is 1.68 bits per heavy atom. The molecule has 53 heavy (non-hydrogen) atoms. The number of aliphatic hydroxyl groups is 1. The Morgan fingerprint density at radius 2 is 1.09 bits per heavy atom. The maximum atomic E-state index is 12.4. The summed E-state index contributed by atoms with van der Waals surface area (Å²) in [6.45, 7) is 3.49. The molecule has 0 saturated heterocycles. The molecule has 0 aromatic carbocycles. The van der Waals surface area contributed by atoms with Gasteiger partial charge in [0.2, 0.25) is 0 Å². The number of allylic oxidation sites excluding steroid dienone is 10. The first-order chi connectivity index (χ1) is 25.7. The average Bonchev–Trinajstić information content (AvgIpc) is 3.12. The zero-order valence-corrected chi connectivity index (χ0v) is 33.9. The highest BCUT2D eigenvalue weighted by molar-refractivity contribution is 7.46. The number of carbonyl (C=O) groups excluding carboxylic acids is 2. The van der Waals surface area contributed by atoms with E-state index in [2.05, 4.69) is 60.9 Å². The van der Waals surface area contributed by atoms with Gasteiger partial charge in [0.15, 0.2) is 6.10 Å². The lowest BCUT2D eigenvalue weighted by Gasteiger charge is -2.18. The Balaban J connectivity index is 4.15. The van der Waals surface area contributed by atoms with E-state index in [1.807, 2.05) is 18.2 Å². The normalized spacial score (nSPS) is 13.8. The molecule has 0 heterocycles. The maximum Gasteiger partial charge on any atom is 0.469 e. The van der Waals surface area contributed by atoms with Gasteiger partial charge in [0.1, 0.15) is 6.61 Å². The second kappa shape index (κ2) is 37.8. The largest absolute Gasteiger partial charge is 0.469 e. The van der Waals surface area contributed by atoms with Crippen molar-refractivity contribution in [3.05, 3.63) is 72.9 Å². The first-order valence-corrected chi connectivity index (χ1v) is 21.9. The van der Waals surface area contributed by atoms with Gasteiger partial charge in [0.05, 0.1) is 12.7 Å². The third-order valence-electron chi connectivity index (χ3n) is 8.28. The minimum absolute atomic E-state index is 0.0719. The summed E-state index contributed by atoms with van der Waals surface area (Å²) in [5.74, 6) is -1.03. The van der Waals surface area contributed by atoms with E-state index >= 15 is 0 Å². The second-order valence-corrected chi connectivity index (χ2v) is 14.7. The molecule has 0 aromatic rings. The van der Waals surface area contributed by atoms with Crippen molar-refractivity contribution < 1.29 is 43.0 Å². The average molecular weight is 765 g/mol. The summed E-state index contributed by atoms with van der Waals surface area (Å²) in [5.41, 5.74) is 0. The SMILES string of the molecule is CCCCC/C=C\C/C=C\CCCCCCCCCC(=O)OC[C@H](COP(=O)(O)O)OC(=O)CCC/C=C/C=C\C(O)C/C=C\C/C=C\CCCCC. The van der Waals surface area contributed by atoms with Crippen LogP contribution in [0.5, 0.6) is 0 Å². The molecule has 0 rings (SSSR count). The molecule has 0 aliphatic rings. The Kier molecular flexibility index (Phi) is 35.9. The van der Waals surface area contributed by atoms with Crippen LogP contribution in [-0.2, 0) is 28.2 Å². The van der Waals surface area contributed by atoms with Crippen LogP contribution < -0.4 is 0 Å². The smallest absolute Gasteiger partial charge is 0.462 e. The van der Waals surface area contributed by atoms with Crippen LogP contribution in [0.1, 0.15) is 162 Å². The summed E-state index contributed by atoms with van der Waals surface area (Å²) in [4.78, 5) is 42.8. The number of aliphatic hydroxyl groups excluding tert-OH is 1. The number of hydrogen-bond acceptors (Lipinski definition) is 7. The molecule has 0 bridgehead atoms. The van der Waals surface area contributed by atoms with E-state index in [1.165, 1.54) is 64.2 Å². The predicted molar refractivity (Wildman–Crippen MR) is 217 cm³/mol. The van der Waals surface area contributed by atoms with Gasteiger partial charge in [-0.1, -0.05) is 145 Å². The highest BCUT2D eigenvalue weighted by Gasteiger charge is 2.22. The standard InChI is InChI=1S/C43H73O9P/c1-3-5-7-9-11-13-14-15-16-17-18-19-20-22-24-28-32-36-42(45)50-38-41(39-51-53(47,48)49)52-43(46)37-33-29-25-27-31-35-40(44)34-30-26-23-21-12-10-8-6-4-2/h11-13,15-16,21,25-27,30-31,35,40-41,44H,3-10,14,17-20,22-24,28-29,32-34,36-39H2,1-2H3,(H2,47,48,49)/b13-11-,16-15-,21-12-,27-25+,30-26-,35-31-/t40?,41-/m1/s1. The number of esters is 2. The van der Waals surface area contributed by atoms with Gasteiger partial charge in [-0.15, -0.1) is 0 Å². The lowest BCUT2D eigenvalue weighted by atomic mass is 10.1. The van der Waals surface area contributed by atoms with Crippen LogP contribution in [0.3, 0.4) is 0 Å². The van der Waals surface area contributed by atoms with Crippen molar-refractivity contribution in [1.82, 2.24) is 0 Å². The van der Waals surface area contributed by atoms with Crippen LogP contribution in [0.15, 0.2) is 72.9 Å². The monoisotopic (exact) mass is 764 g/mol. The predicted octanol–water partition coefficient (Wildman–Crippen LogP) is 11.3. The molecule has 3 N–H and O–H groups in total. The maximum absolute atomic E-state index is 12.4. The van der Waals surface area contributed by atoms with Gasteiger partial charge in [-0.25, -0.2) is 4.57 Å². The zero-order chi connectivity index (χ0) is 39.1. The molecule has 2 atom stereocenters. The van der Waals surface area contributed by atoms with Crippen LogP contribution in [0, 0.1) is 0 Å². The third kappa shape index (κ3) is 40.5. The van der Waals surface area contributed by atoms with E-state index in [0.717, 1.165) is 44.9 Å². The van der Waals surface area contributed by atoms with Crippen LogP contribution in [0.2, 0.25) is 0 Å². The molecule has 1 unspecified atom stereocenters. The van der Waals surface area contributed by atoms with Crippen molar-refractivity contribution in [3.8, 4) is 0 Å². The fraction of sp³-hybridized carbons (Fsp3) is 0.674. The van der Waals surface area contributed by atoms with Crippen molar-refractivity contribution in [2.45, 2.75) is 174 Å². The minimum atomic E-state index is -4.80. The molecular weight excluding hydrogens is 691 g/mol. The molecule has 0 radical (unpaired) electrons. The number of phosphoric ester groups is 1. The van der Waals surface area contributed by atoms with E-state index in [9.17, 15) is 19.3 Å². The summed E-state index contributed by atoms with van der Waals surface area (Å²) in [6.07, 6.45) is 45.0. The molecule has 0 saturated carbocycles. The molecule has 10 heteroatoms. The number of phosphoric acid groups is 1. The molecule has 0 amide bonds. The van der Waals surface area contributed by atoms with E-state index in [1.54, 1.807) is 12.2 Å². The fourth-order valence-corrected chi connectivity index (χ4v) is 5.54. The van der Waals surface area contributed by atoms with Crippen LogP contribution >= 0.6 is 7.82 Å². The molecular formula is C43H73O9P. The molecule has 0 spiro atoms. The van der Waals surface area contributed by atoms with Gasteiger partial charge in [0.25, 0.3) is 0 Å². The molecule has 0 fully saturated rings. The van der Waals surface area contributed by atoms with Gasteiger partial charge >= 0.3 is 19.8 Å². The Hall–Kier alpha value is -2.55. The fourth-order valence-electron chi connectivity index (χ4n) is 5.18. The Bertz CT molecular complexity index is 1100. The number of rotatable bonds is 36. The first kappa shape index (κ1) is 50.5. The highest BCUT2D eigenvalue weighted by Crippen LogP contribution is 2.36. The number of carbonyl (C=O) groups is 2. The Morgan fingerprint density at radius 1 is 0.585 bits per heavy atom. The lowest BCUT2D eigenvalue weighted by Crippen LogP contribution is -2.29. The highest BCUT2D eigenvalue weighted by atomic mass is 31.2. The summed E-state index contributed by atoms with van der Waals surface area (Å²) in [6, 6.07) is 0. The second-order valence-electron chi connectivity index (χ2n) is 13.5. The Labute approximate surface area is 322 Å². The zero-order valence-electron chi connectivity index (χ0n) is 33.0. The van der Waals surface area contributed by atoms with Gasteiger partial charge in [-0.3, -0.25) is 14.1 Å². The van der Waals surface area contributed by atoms with Crippen molar-refractivity contribution in [2.24, 2.45) is 0 Å². The molecule has 0 aliphatic carbocycles. The van der Waals surface area contributed by atoms with Crippen LogP contribution in [0.25, 0.3) is 0 Å². The van der Waals surface area contributed by atoms with Crippen molar-refractivity contribution in [1.29, 1.82) is 0 Å². The third-order valence-corrected chi connectivity index (χ3v) is 8.76. The van der Waals surface area contributed by atoms with E-state index in [-0.39, 0.29) is 19.4 Å². The minimum Gasteiger partial charge on any atom is -0.462 e. The van der Waals surface area contributed by atoms with E-state index in [4.69, 9.17) is 19.3 Å². The van der Waals surface area contributed by atoms with Crippen LogP contribution in [0.4, 0.5) is 0 Å². The van der Waals surface area contributed by atoms with Gasteiger partial charge in [-0.05, 0) is 77.0 Å². The summed E-state index contributed by atoms with van der Waals surface area (Å²) >= 11 is 0. The summed E-state index contributed by atoms with van der Waals surface area (Å²) < 4.78 is 26.3. The van der Waals surface area contributed by atoms with Crippen molar-refractivity contribution >= 4 is 19.8 Å². The van der Waals surface area contributed by atoms with Crippen LogP contribution in [-0.4, -0.2) is 52.3 Å². The lowest BCUT2D eigenvalue weighted by molar-refractivity contribution is -0.161. The summed E-state index contributed by atoms with van der Waals surface area (Å²) in [5, 5.41) is 10.1. The van der Waals surface area contributed by atoms with Crippen molar-refractivity contribution in [3.63, 3.8) is 0 Å². The van der Waals surface area contributed by atoms with Gasteiger partial charge in [0, 0.05) is 12.8 Å². The quantitative estimate of drug-likeness (QED) is 0.0187. The first-order valence-electron chi connectivity index (χ1n) is 20.3. The van der Waals surface area contributed by atoms with Gasteiger partial charge < -0.3 is 24.4 Å². The number of hydrogen-bond donors (Lipinski definition) is 3. The number of ether oxygens (including phenoxy) is 2. The molecule has 304 valence electrons. The molecule has 0 aromatic heterocycles. The topological polar surface area (TPSA) is 140 Å². The van der Waals surface area contributed by atoms with Gasteiger partial charge in [-0.2, -0.15) is 0 Å². The number of unbranched alkanes of at least 4 members (excludes halogenated alkanes) is 14. The van der Waals surface area contributed by atoms with E-state index in [0.29, 0.717) is 25.7 Å². The van der Waals surface area contributed by atoms with E-state index < -0.39 is 38.6 Å².